The number of fused-ring (bicyclic) bond motifs is 1. The molecule has 1 N–H and O–H groups in total. The van der Waals surface area contributed by atoms with E-state index in [0.29, 0.717) is 28.2 Å². The molecule has 0 spiro atoms. The molecule has 130 valence electrons. The fraction of sp³-hybridized carbons (Fsp3) is 0.294. The summed E-state index contributed by atoms with van der Waals surface area (Å²) < 4.78 is 7.32. The zero-order valence-corrected chi connectivity index (χ0v) is 14.4. The molecule has 0 radical (unpaired) electrons. The molecule has 1 aliphatic rings. The van der Waals surface area contributed by atoms with Gasteiger partial charge in [-0.2, -0.15) is 0 Å². The van der Waals surface area contributed by atoms with E-state index >= 15 is 0 Å². The minimum absolute atomic E-state index is 0.321. The largest absolute Gasteiger partial charge is 0.466 e. The summed E-state index contributed by atoms with van der Waals surface area (Å²) in [6.07, 6.45) is 3.18. The van der Waals surface area contributed by atoms with Gasteiger partial charge in [-0.15, -0.1) is 0 Å². The summed E-state index contributed by atoms with van der Waals surface area (Å²) in [6, 6.07) is 3.47. The van der Waals surface area contributed by atoms with E-state index in [-0.39, 0.29) is 0 Å². The van der Waals surface area contributed by atoms with E-state index in [1.807, 2.05) is 0 Å². The van der Waals surface area contributed by atoms with Gasteiger partial charge in [-0.3, -0.25) is 18.9 Å². The third kappa shape index (κ3) is 2.46. The first-order valence-electron chi connectivity index (χ1n) is 7.64. The van der Waals surface area contributed by atoms with Gasteiger partial charge < -0.3 is 10.1 Å². The lowest BCUT2D eigenvalue weighted by Crippen LogP contribution is -2.43. The van der Waals surface area contributed by atoms with Gasteiger partial charge in [0.05, 0.1) is 24.2 Å². The van der Waals surface area contributed by atoms with Gasteiger partial charge in [0.15, 0.2) is 0 Å². The normalized spacial score (nSPS) is 16.2. The number of allylic oxidation sites excluding steroid dienone is 1. The van der Waals surface area contributed by atoms with Crippen molar-refractivity contribution in [3.63, 3.8) is 0 Å². The first-order valence-corrected chi connectivity index (χ1v) is 7.64. The molecule has 2 aromatic rings. The zero-order valence-electron chi connectivity index (χ0n) is 14.4. The first kappa shape index (κ1) is 16.7. The Morgan fingerprint density at radius 2 is 1.84 bits per heavy atom. The summed E-state index contributed by atoms with van der Waals surface area (Å²) in [4.78, 5) is 41.5. The Bertz CT molecular complexity index is 1000. The van der Waals surface area contributed by atoms with E-state index in [2.05, 4.69) is 10.3 Å². The maximum absolute atomic E-state index is 12.9. The highest BCUT2D eigenvalue weighted by atomic mass is 16.5. The van der Waals surface area contributed by atoms with Crippen molar-refractivity contribution in [2.75, 3.05) is 12.4 Å². The van der Waals surface area contributed by atoms with Crippen molar-refractivity contribution in [2.24, 2.45) is 14.1 Å². The van der Waals surface area contributed by atoms with E-state index in [1.54, 1.807) is 38.5 Å². The average Bonchev–Trinajstić information content (AvgIpc) is 2.63. The molecule has 1 atom stereocenters. The first-order chi connectivity index (χ1) is 11.9. The van der Waals surface area contributed by atoms with Gasteiger partial charge in [-0.05, 0) is 24.6 Å². The molecule has 3 rings (SSSR count). The molecule has 0 bridgehead atoms. The molecule has 0 amide bonds. The zero-order chi connectivity index (χ0) is 18.3. The quantitative estimate of drug-likeness (QED) is 0.798. The fourth-order valence-corrected chi connectivity index (χ4v) is 3.16. The standard InChI is InChI=1S/C17H18N4O4/c1-9-11(16(23)25-4)12(10-5-7-18-8-6-10)13-14(19-9)20(2)17(24)21(3)15(13)22/h5-8,12,19H,1-4H3/t12-/m0/s1. The van der Waals surface area contributed by atoms with Crippen LogP contribution in [0.5, 0.6) is 0 Å². The number of nitrogens with one attached hydrogen (secondary N) is 1. The Labute approximate surface area is 143 Å². The van der Waals surface area contributed by atoms with E-state index in [4.69, 9.17) is 4.74 Å². The predicted octanol–water partition coefficient (Wildman–Crippen LogP) is 0.483. The minimum atomic E-state index is -0.655. The topological polar surface area (TPSA) is 95.2 Å². The Hall–Kier alpha value is -3.16. The highest BCUT2D eigenvalue weighted by Gasteiger charge is 2.36. The molecule has 2 aromatic heterocycles. The van der Waals surface area contributed by atoms with Gasteiger partial charge in [0.2, 0.25) is 0 Å². The molecular weight excluding hydrogens is 324 g/mol. The van der Waals surface area contributed by atoms with Gasteiger partial charge in [0.25, 0.3) is 5.56 Å². The van der Waals surface area contributed by atoms with Crippen LogP contribution in [0.4, 0.5) is 5.82 Å². The van der Waals surface area contributed by atoms with E-state index in [9.17, 15) is 14.4 Å². The van der Waals surface area contributed by atoms with Crippen molar-refractivity contribution in [1.82, 2.24) is 14.1 Å². The number of hydrogen-bond acceptors (Lipinski definition) is 6. The van der Waals surface area contributed by atoms with E-state index < -0.39 is 23.1 Å². The Morgan fingerprint density at radius 3 is 2.44 bits per heavy atom. The summed E-state index contributed by atoms with van der Waals surface area (Å²) >= 11 is 0. The lowest BCUT2D eigenvalue weighted by Gasteiger charge is -2.30. The second-order valence-corrected chi connectivity index (χ2v) is 5.84. The van der Waals surface area contributed by atoms with Crippen LogP contribution in [0.1, 0.15) is 24.0 Å². The lowest BCUT2D eigenvalue weighted by molar-refractivity contribution is -0.136. The molecule has 0 saturated heterocycles. The van der Waals surface area contributed by atoms with E-state index in [1.165, 1.54) is 18.7 Å². The van der Waals surface area contributed by atoms with Crippen molar-refractivity contribution in [3.05, 3.63) is 67.8 Å². The minimum Gasteiger partial charge on any atom is -0.466 e. The molecule has 0 saturated carbocycles. The van der Waals surface area contributed by atoms with Gasteiger partial charge in [0, 0.05) is 32.2 Å². The summed E-state index contributed by atoms with van der Waals surface area (Å²) in [5.74, 6) is -0.814. The van der Waals surface area contributed by atoms with Crippen molar-refractivity contribution < 1.29 is 9.53 Å². The maximum Gasteiger partial charge on any atom is 0.336 e. The number of carbonyl (C=O) groups is 1. The highest BCUT2D eigenvalue weighted by Crippen LogP contribution is 2.39. The van der Waals surface area contributed by atoms with Crippen molar-refractivity contribution in [1.29, 1.82) is 0 Å². The smallest absolute Gasteiger partial charge is 0.336 e. The number of aromatic nitrogens is 3. The molecule has 0 fully saturated rings. The summed E-state index contributed by atoms with van der Waals surface area (Å²) in [5.41, 5.74) is 0.997. The van der Waals surface area contributed by atoms with Gasteiger partial charge in [-0.1, -0.05) is 0 Å². The third-order valence-electron chi connectivity index (χ3n) is 4.43. The maximum atomic E-state index is 12.9. The van der Waals surface area contributed by atoms with Crippen LogP contribution in [0, 0.1) is 0 Å². The number of carbonyl (C=O) groups excluding carboxylic acids is 1. The van der Waals surface area contributed by atoms with Crippen LogP contribution in [0.3, 0.4) is 0 Å². The summed E-state index contributed by atoms with van der Waals surface area (Å²) in [7, 11) is 4.28. The van der Waals surface area contributed by atoms with Crippen molar-refractivity contribution in [2.45, 2.75) is 12.8 Å². The third-order valence-corrected chi connectivity index (χ3v) is 4.43. The van der Waals surface area contributed by atoms with Crippen molar-refractivity contribution >= 4 is 11.8 Å². The SMILES string of the molecule is COC(=O)C1=C(C)Nc2c(c(=O)n(C)c(=O)n2C)[C@H]1c1ccncc1. The number of rotatable bonds is 2. The monoisotopic (exact) mass is 342 g/mol. The number of pyridine rings is 1. The Morgan fingerprint density at radius 1 is 1.20 bits per heavy atom. The summed E-state index contributed by atoms with van der Waals surface area (Å²) in [5, 5.41) is 3.01. The molecule has 8 heteroatoms. The fourth-order valence-electron chi connectivity index (χ4n) is 3.16. The van der Waals surface area contributed by atoms with Crippen LogP contribution < -0.4 is 16.6 Å². The molecule has 25 heavy (non-hydrogen) atoms. The molecular formula is C17H18N4O4. The van der Waals surface area contributed by atoms with Crippen LogP contribution in [-0.2, 0) is 23.6 Å². The molecule has 8 nitrogen and oxygen atoms in total. The molecule has 0 unspecified atom stereocenters. The van der Waals surface area contributed by atoms with Crippen LogP contribution >= 0.6 is 0 Å². The molecule has 0 aromatic carbocycles. The number of methoxy groups -OCH3 is 1. The van der Waals surface area contributed by atoms with Crippen LogP contribution in [0.2, 0.25) is 0 Å². The second kappa shape index (κ2) is 6.04. The Balaban J connectivity index is 2.42. The van der Waals surface area contributed by atoms with Crippen LogP contribution in [0.25, 0.3) is 0 Å². The number of esters is 1. The average molecular weight is 342 g/mol. The lowest BCUT2D eigenvalue weighted by atomic mass is 9.82. The van der Waals surface area contributed by atoms with Gasteiger partial charge in [-0.25, -0.2) is 9.59 Å². The van der Waals surface area contributed by atoms with Gasteiger partial charge >= 0.3 is 11.7 Å². The predicted molar refractivity (Wildman–Crippen MR) is 91.3 cm³/mol. The Kier molecular flexibility index (Phi) is 4.03. The second-order valence-electron chi connectivity index (χ2n) is 5.84. The number of hydrogen-bond donors (Lipinski definition) is 1. The molecule has 1 aliphatic heterocycles. The highest BCUT2D eigenvalue weighted by molar-refractivity contribution is 5.94. The van der Waals surface area contributed by atoms with Crippen LogP contribution in [0.15, 0.2) is 45.4 Å². The number of nitrogens with zero attached hydrogens (tertiary/aromatic N) is 3. The number of ether oxygens (including phenoxy) is 1. The molecule has 0 aliphatic carbocycles. The van der Waals surface area contributed by atoms with Crippen molar-refractivity contribution in [3.8, 4) is 0 Å². The molecule has 3 heterocycles. The van der Waals surface area contributed by atoms with Gasteiger partial charge in [0.1, 0.15) is 5.82 Å². The van der Waals surface area contributed by atoms with E-state index in [0.717, 1.165) is 4.57 Å². The summed E-state index contributed by atoms with van der Waals surface area (Å²) in [6.45, 7) is 1.71. The van der Waals surface area contributed by atoms with Crippen LogP contribution in [-0.4, -0.2) is 27.2 Å². The number of anilines is 1.